The first-order chi connectivity index (χ1) is 11.8. The number of hydrogen-bond donors (Lipinski definition) is 1. The SMILES string of the molecule is O=S(=O)(O)C(F)(F)c1cccc(-c2ccc(-c3ccccc3)cc2)c1. The monoisotopic (exact) mass is 360 g/mol. The molecule has 0 aromatic heterocycles. The van der Waals surface area contributed by atoms with Crippen molar-refractivity contribution in [1.82, 2.24) is 0 Å². The molecule has 0 spiro atoms. The average Bonchev–Trinajstić information content (AvgIpc) is 2.62. The van der Waals surface area contributed by atoms with E-state index in [0.29, 0.717) is 11.1 Å². The van der Waals surface area contributed by atoms with Crippen molar-refractivity contribution in [3.8, 4) is 22.3 Å². The number of hydrogen-bond acceptors (Lipinski definition) is 2. The Hall–Kier alpha value is -2.57. The van der Waals surface area contributed by atoms with Crippen LogP contribution >= 0.6 is 0 Å². The Labute approximate surface area is 144 Å². The summed E-state index contributed by atoms with van der Waals surface area (Å²) in [6, 6.07) is 21.9. The van der Waals surface area contributed by atoms with Crippen molar-refractivity contribution in [2.45, 2.75) is 5.25 Å². The highest BCUT2D eigenvalue weighted by molar-refractivity contribution is 7.86. The minimum Gasteiger partial charge on any atom is -0.281 e. The molecule has 0 aliphatic heterocycles. The van der Waals surface area contributed by atoms with Crippen LogP contribution in [-0.4, -0.2) is 13.0 Å². The number of rotatable bonds is 4. The summed E-state index contributed by atoms with van der Waals surface area (Å²) in [5.74, 6) is 0. The molecule has 0 amide bonds. The number of benzene rings is 3. The third kappa shape index (κ3) is 3.45. The zero-order chi connectivity index (χ0) is 18.1. The molecule has 0 saturated heterocycles. The lowest BCUT2D eigenvalue weighted by molar-refractivity contribution is 0.0790. The van der Waals surface area contributed by atoms with Crippen LogP contribution in [0.1, 0.15) is 5.56 Å². The third-order valence-electron chi connectivity index (χ3n) is 3.85. The van der Waals surface area contributed by atoms with Gasteiger partial charge in [-0.2, -0.15) is 17.2 Å². The van der Waals surface area contributed by atoms with Gasteiger partial charge in [0.25, 0.3) is 0 Å². The van der Waals surface area contributed by atoms with Gasteiger partial charge >= 0.3 is 15.4 Å². The molecule has 0 aliphatic carbocycles. The quantitative estimate of drug-likeness (QED) is 0.669. The van der Waals surface area contributed by atoms with Crippen LogP contribution in [0.2, 0.25) is 0 Å². The second-order valence-electron chi connectivity index (χ2n) is 5.52. The molecule has 0 atom stereocenters. The van der Waals surface area contributed by atoms with Gasteiger partial charge in [0.15, 0.2) is 0 Å². The van der Waals surface area contributed by atoms with Crippen LogP contribution in [0.15, 0.2) is 78.9 Å². The Morgan fingerprint density at radius 3 is 1.72 bits per heavy atom. The van der Waals surface area contributed by atoms with E-state index in [1.807, 2.05) is 42.5 Å². The van der Waals surface area contributed by atoms with Crippen molar-refractivity contribution in [1.29, 1.82) is 0 Å². The van der Waals surface area contributed by atoms with Crippen LogP contribution in [0, 0.1) is 0 Å². The van der Waals surface area contributed by atoms with Crippen LogP contribution in [0.3, 0.4) is 0 Å². The van der Waals surface area contributed by atoms with Crippen molar-refractivity contribution in [3.63, 3.8) is 0 Å². The normalized spacial score (nSPS) is 12.1. The molecule has 3 nitrogen and oxygen atoms in total. The lowest BCUT2D eigenvalue weighted by Gasteiger charge is -2.14. The van der Waals surface area contributed by atoms with E-state index in [2.05, 4.69) is 0 Å². The highest BCUT2D eigenvalue weighted by Gasteiger charge is 2.46. The molecule has 128 valence electrons. The molecule has 0 radical (unpaired) electrons. The summed E-state index contributed by atoms with van der Waals surface area (Å²) in [6.07, 6.45) is 0. The third-order valence-corrected chi connectivity index (χ3v) is 4.73. The predicted molar refractivity (Wildman–Crippen MR) is 92.8 cm³/mol. The molecule has 1 N–H and O–H groups in total. The molecule has 0 unspecified atom stereocenters. The van der Waals surface area contributed by atoms with E-state index in [4.69, 9.17) is 4.55 Å². The standard InChI is InChI=1S/C19H14F2O3S/c20-19(21,25(22,23)24)18-8-4-7-17(13-18)16-11-9-15(10-12-16)14-5-2-1-3-6-14/h1-13H,(H,22,23,24). The highest BCUT2D eigenvalue weighted by Crippen LogP contribution is 2.35. The van der Waals surface area contributed by atoms with Gasteiger partial charge in [-0.25, -0.2) is 0 Å². The average molecular weight is 360 g/mol. The largest absolute Gasteiger partial charge is 0.395 e. The fraction of sp³-hybridized carbons (Fsp3) is 0.0526. The summed E-state index contributed by atoms with van der Waals surface area (Å²) in [5.41, 5.74) is 2.32. The van der Waals surface area contributed by atoms with Crippen molar-refractivity contribution < 1.29 is 21.8 Å². The molecule has 0 bridgehead atoms. The Balaban J connectivity index is 1.97. The Morgan fingerprint density at radius 1 is 0.680 bits per heavy atom. The topological polar surface area (TPSA) is 54.4 Å². The Kier molecular flexibility index (Phi) is 4.41. The Morgan fingerprint density at radius 2 is 1.16 bits per heavy atom. The van der Waals surface area contributed by atoms with Crippen LogP contribution in [-0.2, 0) is 15.4 Å². The summed E-state index contributed by atoms with van der Waals surface area (Å²) < 4.78 is 58.2. The van der Waals surface area contributed by atoms with E-state index < -0.39 is 20.9 Å². The fourth-order valence-electron chi connectivity index (χ4n) is 2.51. The molecule has 0 fully saturated rings. The summed E-state index contributed by atoms with van der Waals surface area (Å²) in [6.45, 7) is 0. The molecule has 0 saturated carbocycles. The lowest BCUT2D eigenvalue weighted by Crippen LogP contribution is -2.25. The smallest absolute Gasteiger partial charge is 0.281 e. The predicted octanol–water partition coefficient (Wildman–Crippen LogP) is 4.96. The van der Waals surface area contributed by atoms with Gasteiger partial charge in [0, 0.05) is 5.56 Å². The van der Waals surface area contributed by atoms with Crippen molar-refractivity contribution in [2.24, 2.45) is 0 Å². The first-order valence-electron chi connectivity index (χ1n) is 7.40. The van der Waals surface area contributed by atoms with E-state index in [1.165, 1.54) is 6.07 Å². The first kappa shape index (κ1) is 17.3. The minimum atomic E-state index is -5.53. The summed E-state index contributed by atoms with van der Waals surface area (Å²) in [5, 5.41) is -4.35. The minimum absolute atomic E-state index is 0.431. The van der Waals surface area contributed by atoms with Gasteiger partial charge in [0.2, 0.25) is 0 Å². The van der Waals surface area contributed by atoms with Gasteiger partial charge < -0.3 is 0 Å². The Bertz CT molecular complexity index is 983. The van der Waals surface area contributed by atoms with Gasteiger partial charge in [-0.1, -0.05) is 72.8 Å². The molecule has 3 aromatic rings. The summed E-state index contributed by atoms with van der Waals surface area (Å²) in [7, 11) is -5.53. The van der Waals surface area contributed by atoms with Crippen molar-refractivity contribution in [2.75, 3.05) is 0 Å². The van der Waals surface area contributed by atoms with Crippen LogP contribution in [0.5, 0.6) is 0 Å². The van der Waals surface area contributed by atoms with Gasteiger partial charge in [-0.05, 0) is 28.3 Å². The van der Waals surface area contributed by atoms with E-state index in [0.717, 1.165) is 23.3 Å². The van der Waals surface area contributed by atoms with E-state index in [9.17, 15) is 17.2 Å². The molecule has 3 rings (SSSR count). The second-order valence-corrected chi connectivity index (χ2v) is 6.98. The van der Waals surface area contributed by atoms with Gasteiger partial charge in [0.05, 0.1) is 0 Å². The van der Waals surface area contributed by atoms with Crippen LogP contribution in [0.4, 0.5) is 8.78 Å². The molecule has 0 aliphatic rings. The van der Waals surface area contributed by atoms with Crippen molar-refractivity contribution in [3.05, 3.63) is 84.4 Å². The molecule has 0 heterocycles. The maximum atomic E-state index is 13.8. The van der Waals surface area contributed by atoms with Crippen molar-refractivity contribution >= 4 is 10.1 Å². The molecule has 25 heavy (non-hydrogen) atoms. The van der Waals surface area contributed by atoms with Gasteiger partial charge in [-0.15, -0.1) is 0 Å². The van der Waals surface area contributed by atoms with E-state index in [-0.39, 0.29) is 0 Å². The van der Waals surface area contributed by atoms with E-state index in [1.54, 1.807) is 18.2 Å². The summed E-state index contributed by atoms with van der Waals surface area (Å²) >= 11 is 0. The number of alkyl halides is 2. The molecule has 6 heteroatoms. The zero-order valence-electron chi connectivity index (χ0n) is 12.9. The number of halogens is 2. The fourth-order valence-corrected chi connectivity index (χ4v) is 2.94. The second kappa shape index (κ2) is 6.38. The lowest BCUT2D eigenvalue weighted by atomic mass is 9.99. The first-order valence-corrected chi connectivity index (χ1v) is 8.84. The van der Waals surface area contributed by atoms with Gasteiger partial charge in [0.1, 0.15) is 0 Å². The molecular weight excluding hydrogens is 346 g/mol. The van der Waals surface area contributed by atoms with Crippen LogP contribution < -0.4 is 0 Å². The highest BCUT2D eigenvalue weighted by atomic mass is 32.2. The summed E-state index contributed by atoms with van der Waals surface area (Å²) in [4.78, 5) is 0. The molecular formula is C19H14F2O3S. The maximum Gasteiger partial charge on any atom is 0.395 e. The maximum absolute atomic E-state index is 13.8. The van der Waals surface area contributed by atoms with Gasteiger partial charge in [-0.3, -0.25) is 4.55 Å². The zero-order valence-corrected chi connectivity index (χ0v) is 13.7. The van der Waals surface area contributed by atoms with E-state index >= 15 is 0 Å². The molecule has 3 aromatic carbocycles. The van der Waals surface area contributed by atoms with Crippen LogP contribution in [0.25, 0.3) is 22.3 Å².